The first kappa shape index (κ1) is 20.6. The number of nitrogens with one attached hydrogen (secondary N) is 1. The highest BCUT2D eigenvalue weighted by Crippen LogP contribution is 2.17. The highest BCUT2D eigenvalue weighted by Gasteiger charge is 2.25. The summed E-state index contributed by atoms with van der Waals surface area (Å²) in [6.45, 7) is 3.42. The van der Waals surface area contributed by atoms with E-state index in [0.29, 0.717) is 5.69 Å². The lowest BCUT2D eigenvalue weighted by atomic mass is 10.1. The minimum absolute atomic E-state index is 0.118. The Kier molecular flexibility index (Phi) is 6.70. The number of aryl methyl sites for hydroxylation is 1. The summed E-state index contributed by atoms with van der Waals surface area (Å²) in [7, 11) is -3.75. The first-order valence-electron chi connectivity index (χ1n) is 8.46. The molecule has 27 heavy (non-hydrogen) atoms. The molecule has 2 amide bonds. The van der Waals surface area contributed by atoms with Gasteiger partial charge < -0.3 is 11.1 Å². The van der Waals surface area contributed by atoms with E-state index in [-0.39, 0.29) is 24.4 Å². The molecule has 2 aromatic carbocycles. The second kappa shape index (κ2) is 8.79. The second-order valence-electron chi connectivity index (χ2n) is 6.13. The molecule has 144 valence electrons. The quantitative estimate of drug-likeness (QED) is 0.715. The van der Waals surface area contributed by atoms with Crippen LogP contribution in [0.25, 0.3) is 0 Å². The SMILES string of the molecule is CCN(CC(=O)Nc1ccc(CC(N)=O)cc1)S(=O)(=O)c1ccc(C)cc1. The summed E-state index contributed by atoms with van der Waals surface area (Å²) in [6, 6.07) is 13.1. The number of amides is 2. The number of anilines is 1. The van der Waals surface area contributed by atoms with Crippen LogP contribution in [0.2, 0.25) is 0 Å². The topological polar surface area (TPSA) is 110 Å². The van der Waals surface area contributed by atoms with E-state index in [2.05, 4.69) is 5.32 Å². The average molecular weight is 389 g/mol. The van der Waals surface area contributed by atoms with Crippen molar-refractivity contribution in [3.8, 4) is 0 Å². The Morgan fingerprint density at radius 2 is 1.63 bits per heavy atom. The van der Waals surface area contributed by atoms with Gasteiger partial charge in [0.1, 0.15) is 0 Å². The fourth-order valence-corrected chi connectivity index (χ4v) is 3.90. The van der Waals surface area contributed by atoms with Gasteiger partial charge in [0.05, 0.1) is 17.9 Å². The van der Waals surface area contributed by atoms with Crippen molar-refractivity contribution in [2.75, 3.05) is 18.4 Å². The van der Waals surface area contributed by atoms with E-state index < -0.39 is 21.8 Å². The zero-order chi connectivity index (χ0) is 20.0. The largest absolute Gasteiger partial charge is 0.369 e. The van der Waals surface area contributed by atoms with Crippen LogP contribution in [0.1, 0.15) is 18.1 Å². The number of sulfonamides is 1. The third kappa shape index (κ3) is 5.63. The molecular weight excluding hydrogens is 366 g/mol. The van der Waals surface area contributed by atoms with Gasteiger partial charge in [0.15, 0.2) is 0 Å². The van der Waals surface area contributed by atoms with Crippen LogP contribution in [-0.4, -0.2) is 37.6 Å². The summed E-state index contributed by atoms with van der Waals surface area (Å²) in [4.78, 5) is 23.3. The van der Waals surface area contributed by atoms with Gasteiger partial charge >= 0.3 is 0 Å². The third-order valence-electron chi connectivity index (χ3n) is 3.95. The lowest BCUT2D eigenvalue weighted by Crippen LogP contribution is -2.37. The molecule has 0 fully saturated rings. The molecule has 0 unspecified atom stereocenters. The van der Waals surface area contributed by atoms with Crippen LogP contribution in [-0.2, 0) is 26.0 Å². The lowest BCUT2D eigenvalue weighted by molar-refractivity contribution is -0.117. The normalized spacial score (nSPS) is 11.4. The number of rotatable bonds is 8. The van der Waals surface area contributed by atoms with E-state index in [1.165, 1.54) is 12.1 Å². The van der Waals surface area contributed by atoms with Crippen molar-refractivity contribution in [2.24, 2.45) is 5.73 Å². The number of carbonyl (C=O) groups excluding carboxylic acids is 2. The number of carbonyl (C=O) groups is 2. The van der Waals surface area contributed by atoms with Crippen LogP contribution in [0.5, 0.6) is 0 Å². The Balaban J connectivity index is 2.06. The monoisotopic (exact) mass is 389 g/mol. The van der Waals surface area contributed by atoms with E-state index in [1.807, 2.05) is 6.92 Å². The van der Waals surface area contributed by atoms with Gasteiger partial charge in [-0.3, -0.25) is 9.59 Å². The van der Waals surface area contributed by atoms with E-state index in [4.69, 9.17) is 5.73 Å². The predicted molar refractivity (Wildman–Crippen MR) is 104 cm³/mol. The van der Waals surface area contributed by atoms with Crippen molar-refractivity contribution >= 4 is 27.5 Å². The van der Waals surface area contributed by atoms with Gasteiger partial charge in [-0.25, -0.2) is 8.42 Å². The summed E-state index contributed by atoms with van der Waals surface area (Å²) < 4.78 is 26.5. The van der Waals surface area contributed by atoms with Crippen molar-refractivity contribution in [1.29, 1.82) is 0 Å². The maximum absolute atomic E-state index is 12.7. The van der Waals surface area contributed by atoms with E-state index >= 15 is 0 Å². The Hall–Kier alpha value is -2.71. The van der Waals surface area contributed by atoms with Crippen LogP contribution in [0.3, 0.4) is 0 Å². The number of nitrogens with two attached hydrogens (primary N) is 1. The van der Waals surface area contributed by atoms with E-state index in [9.17, 15) is 18.0 Å². The first-order valence-corrected chi connectivity index (χ1v) is 9.90. The Morgan fingerprint density at radius 3 is 2.15 bits per heavy atom. The molecule has 3 N–H and O–H groups in total. The highest BCUT2D eigenvalue weighted by molar-refractivity contribution is 7.89. The summed E-state index contributed by atoms with van der Waals surface area (Å²) in [5, 5.41) is 2.66. The van der Waals surface area contributed by atoms with Gasteiger partial charge in [-0.1, -0.05) is 36.8 Å². The molecule has 0 heterocycles. The summed E-state index contributed by atoms with van der Waals surface area (Å²) in [6.07, 6.45) is 0.118. The molecule has 0 spiro atoms. The van der Waals surface area contributed by atoms with Gasteiger partial charge in [0.2, 0.25) is 21.8 Å². The fraction of sp³-hybridized carbons (Fsp3) is 0.263. The molecule has 0 aliphatic rings. The van der Waals surface area contributed by atoms with Gasteiger partial charge in [0.25, 0.3) is 0 Å². The molecule has 0 aromatic heterocycles. The molecule has 0 aliphatic heterocycles. The first-order chi connectivity index (χ1) is 12.7. The zero-order valence-electron chi connectivity index (χ0n) is 15.3. The Bertz CT molecular complexity index is 907. The smallest absolute Gasteiger partial charge is 0.243 e. The second-order valence-corrected chi connectivity index (χ2v) is 8.07. The Labute approximate surface area is 159 Å². The van der Waals surface area contributed by atoms with Crippen LogP contribution in [0, 0.1) is 6.92 Å². The summed E-state index contributed by atoms with van der Waals surface area (Å²) in [5.41, 5.74) is 7.34. The lowest BCUT2D eigenvalue weighted by Gasteiger charge is -2.20. The highest BCUT2D eigenvalue weighted by atomic mass is 32.2. The van der Waals surface area contributed by atoms with Gasteiger partial charge in [-0.2, -0.15) is 4.31 Å². The molecule has 8 heteroatoms. The van der Waals surface area contributed by atoms with E-state index in [1.54, 1.807) is 43.3 Å². The molecule has 0 bridgehead atoms. The number of hydrogen-bond acceptors (Lipinski definition) is 4. The van der Waals surface area contributed by atoms with Gasteiger partial charge in [-0.15, -0.1) is 0 Å². The van der Waals surface area contributed by atoms with Crippen molar-refractivity contribution in [1.82, 2.24) is 4.31 Å². The Morgan fingerprint density at radius 1 is 1.04 bits per heavy atom. The number of benzene rings is 2. The number of hydrogen-bond donors (Lipinski definition) is 2. The van der Waals surface area contributed by atoms with E-state index in [0.717, 1.165) is 15.4 Å². The van der Waals surface area contributed by atoms with Crippen LogP contribution < -0.4 is 11.1 Å². The summed E-state index contributed by atoms with van der Waals surface area (Å²) in [5.74, 6) is -0.887. The maximum atomic E-state index is 12.7. The molecule has 0 saturated heterocycles. The minimum atomic E-state index is -3.75. The number of nitrogens with zero attached hydrogens (tertiary/aromatic N) is 1. The van der Waals surface area contributed by atoms with Crippen molar-refractivity contribution in [3.05, 3.63) is 59.7 Å². The average Bonchev–Trinajstić information content (AvgIpc) is 2.61. The standard InChI is InChI=1S/C19H23N3O4S/c1-3-22(27(25,26)17-10-4-14(2)5-11-17)13-19(24)21-16-8-6-15(7-9-16)12-18(20)23/h4-11H,3,12-13H2,1-2H3,(H2,20,23)(H,21,24). The molecule has 2 rings (SSSR count). The molecule has 7 nitrogen and oxygen atoms in total. The predicted octanol–water partition coefficient (Wildman–Crippen LogP) is 1.67. The molecular formula is C19H23N3O4S. The molecule has 0 radical (unpaired) electrons. The van der Waals surface area contributed by atoms with Crippen molar-refractivity contribution in [3.63, 3.8) is 0 Å². The summed E-state index contributed by atoms with van der Waals surface area (Å²) >= 11 is 0. The fourth-order valence-electron chi connectivity index (χ4n) is 2.49. The maximum Gasteiger partial charge on any atom is 0.243 e. The van der Waals surface area contributed by atoms with Crippen LogP contribution >= 0.6 is 0 Å². The zero-order valence-corrected chi connectivity index (χ0v) is 16.1. The van der Waals surface area contributed by atoms with Crippen LogP contribution in [0.15, 0.2) is 53.4 Å². The minimum Gasteiger partial charge on any atom is -0.369 e. The van der Waals surface area contributed by atoms with Crippen LogP contribution in [0.4, 0.5) is 5.69 Å². The van der Waals surface area contributed by atoms with Gasteiger partial charge in [0, 0.05) is 12.2 Å². The molecule has 0 atom stereocenters. The molecule has 0 aliphatic carbocycles. The number of likely N-dealkylation sites (N-methyl/N-ethyl adjacent to an activating group) is 1. The molecule has 0 saturated carbocycles. The van der Waals surface area contributed by atoms with Crippen molar-refractivity contribution < 1.29 is 18.0 Å². The van der Waals surface area contributed by atoms with Gasteiger partial charge in [-0.05, 0) is 36.8 Å². The third-order valence-corrected chi connectivity index (χ3v) is 5.88. The van der Waals surface area contributed by atoms with Crippen molar-refractivity contribution in [2.45, 2.75) is 25.2 Å². The number of primary amides is 1. The molecule has 2 aromatic rings.